The number of nitrogens with zero attached hydrogens (tertiary/aromatic N) is 3. The van der Waals surface area contributed by atoms with Crippen molar-refractivity contribution in [1.82, 2.24) is 14.7 Å². The molecule has 0 aliphatic carbocycles. The van der Waals surface area contributed by atoms with Gasteiger partial charge in [0.2, 0.25) is 5.91 Å². The number of carbonyl (C=O) groups excluding carboxylic acids is 1. The van der Waals surface area contributed by atoms with Crippen molar-refractivity contribution in [2.75, 3.05) is 6.54 Å². The van der Waals surface area contributed by atoms with Gasteiger partial charge in [-0.25, -0.2) is 4.98 Å². The molecular weight excluding hydrogens is 532 g/mol. The molecule has 0 saturated carbocycles. The average Bonchev–Trinajstić information content (AvgIpc) is 3.20. The zero-order chi connectivity index (χ0) is 25.3. The van der Waals surface area contributed by atoms with Gasteiger partial charge >= 0.3 is 6.18 Å². The number of hydrogen-bond donors (Lipinski definition) is 1. The van der Waals surface area contributed by atoms with E-state index in [1.807, 2.05) is 0 Å². The van der Waals surface area contributed by atoms with Crippen LogP contribution in [0.3, 0.4) is 0 Å². The van der Waals surface area contributed by atoms with Crippen molar-refractivity contribution in [3.05, 3.63) is 62.5 Å². The molecule has 1 unspecified atom stereocenters. The summed E-state index contributed by atoms with van der Waals surface area (Å²) in [6, 6.07) is 3.98. The molecule has 13 heteroatoms. The van der Waals surface area contributed by atoms with Crippen molar-refractivity contribution in [2.24, 2.45) is 5.16 Å². The lowest BCUT2D eigenvalue weighted by molar-refractivity contribution is -0.137. The van der Waals surface area contributed by atoms with Gasteiger partial charge < -0.3 is 19.3 Å². The van der Waals surface area contributed by atoms with Crippen LogP contribution in [0, 0.1) is 0 Å². The van der Waals surface area contributed by atoms with Crippen molar-refractivity contribution in [3.8, 4) is 5.75 Å². The molecule has 1 aliphatic heterocycles. The molecule has 4 rings (SSSR count). The van der Waals surface area contributed by atoms with Gasteiger partial charge in [0.1, 0.15) is 11.9 Å². The number of imidazole rings is 1. The van der Waals surface area contributed by atoms with Crippen LogP contribution in [0.5, 0.6) is 5.75 Å². The fraction of sp³-hybridized carbons (Fsp3) is 0.318. The van der Waals surface area contributed by atoms with E-state index >= 15 is 0 Å². The lowest BCUT2D eigenvalue weighted by Crippen LogP contribution is -2.40. The van der Waals surface area contributed by atoms with Gasteiger partial charge in [0, 0.05) is 30.4 Å². The first-order valence-corrected chi connectivity index (χ1v) is 11.5. The molecule has 1 N–H and O–H groups in total. The summed E-state index contributed by atoms with van der Waals surface area (Å²) in [6.07, 6.45) is -1.52. The monoisotopic (exact) mass is 548 g/mol. The highest BCUT2D eigenvalue weighted by Gasteiger charge is 2.32. The summed E-state index contributed by atoms with van der Waals surface area (Å²) >= 11 is 18.7. The van der Waals surface area contributed by atoms with Crippen molar-refractivity contribution >= 4 is 52.1 Å². The molecule has 2 aromatic heterocycles. The van der Waals surface area contributed by atoms with E-state index in [0.29, 0.717) is 52.2 Å². The van der Waals surface area contributed by atoms with Gasteiger partial charge in [0.25, 0.3) is 0 Å². The van der Waals surface area contributed by atoms with E-state index in [2.05, 4.69) is 15.5 Å². The molecule has 35 heavy (non-hydrogen) atoms. The van der Waals surface area contributed by atoms with Gasteiger partial charge in [-0.05, 0) is 25.5 Å². The predicted octanol–water partition coefficient (Wildman–Crippen LogP) is 5.91. The molecule has 3 aromatic rings. The topological polar surface area (TPSA) is 77.2 Å². The highest BCUT2D eigenvalue weighted by Crippen LogP contribution is 2.34. The Labute approximate surface area is 212 Å². The van der Waals surface area contributed by atoms with Crippen LogP contribution in [0.1, 0.15) is 36.6 Å². The Morgan fingerprint density at radius 1 is 1.20 bits per heavy atom. The molecule has 0 bridgehead atoms. The van der Waals surface area contributed by atoms with Crippen LogP contribution in [-0.4, -0.2) is 33.7 Å². The first kappa shape index (κ1) is 25.4. The summed E-state index contributed by atoms with van der Waals surface area (Å²) < 4.78 is 46.0. The minimum Gasteiger partial charge on any atom is -0.487 e. The Balaban J connectivity index is 1.44. The second-order valence-electron chi connectivity index (χ2n) is 7.83. The molecule has 0 spiro atoms. The fourth-order valence-corrected chi connectivity index (χ4v) is 4.22. The molecule has 1 atom stereocenters. The van der Waals surface area contributed by atoms with E-state index in [-0.39, 0.29) is 29.3 Å². The van der Waals surface area contributed by atoms with Crippen LogP contribution < -0.4 is 10.1 Å². The van der Waals surface area contributed by atoms with Crippen LogP contribution >= 0.6 is 34.8 Å². The normalized spacial score (nSPS) is 16.9. The third-order valence-corrected chi connectivity index (χ3v) is 6.11. The number of amides is 1. The van der Waals surface area contributed by atoms with Gasteiger partial charge in [0.15, 0.2) is 12.3 Å². The van der Waals surface area contributed by atoms with Crippen molar-refractivity contribution in [1.29, 1.82) is 0 Å². The summed E-state index contributed by atoms with van der Waals surface area (Å²) in [4.78, 5) is 20.8. The molecule has 3 heterocycles. The van der Waals surface area contributed by atoms with Crippen LogP contribution in [0.25, 0.3) is 5.65 Å². The third kappa shape index (κ3) is 5.94. The number of aromatic nitrogens is 2. The second kappa shape index (κ2) is 10.1. The molecule has 1 aromatic carbocycles. The number of nitrogens with one attached hydrogen (secondary N) is 1. The number of alkyl halides is 3. The first-order chi connectivity index (χ1) is 16.5. The van der Waals surface area contributed by atoms with E-state index in [1.165, 1.54) is 10.6 Å². The maximum atomic E-state index is 13.0. The number of benzene rings is 1. The van der Waals surface area contributed by atoms with Gasteiger partial charge in [-0.15, -0.1) is 0 Å². The number of fused-ring (bicyclic) bond motifs is 1. The number of piperidine rings is 1. The van der Waals surface area contributed by atoms with Gasteiger partial charge in [-0.3, -0.25) is 4.79 Å². The molecule has 1 fully saturated rings. The Hall–Kier alpha value is -2.69. The lowest BCUT2D eigenvalue weighted by Gasteiger charge is -2.24. The summed E-state index contributed by atoms with van der Waals surface area (Å²) in [6.45, 7) is 1.93. The second-order valence-corrected chi connectivity index (χ2v) is 9.05. The zero-order valence-corrected chi connectivity index (χ0v) is 20.4. The molecule has 1 aliphatic rings. The van der Waals surface area contributed by atoms with Crippen molar-refractivity contribution < 1.29 is 27.5 Å². The summed E-state index contributed by atoms with van der Waals surface area (Å²) in [7, 11) is 0. The smallest absolute Gasteiger partial charge is 0.417 e. The molecule has 0 radical (unpaired) electrons. The van der Waals surface area contributed by atoms with E-state index < -0.39 is 11.7 Å². The van der Waals surface area contributed by atoms with E-state index in [9.17, 15) is 18.0 Å². The number of rotatable bonds is 6. The SMILES string of the molecule is C/C(=N\OCc1cn2cc(C(F)(F)F)cc(Cl)c2n1)c1cc(Cl)c(OC2CCC(=O)NC2)cc1Cl. The van der Waals surface area contributed by atoms with Crippen LogP contribution in [0.15, 0.2) is 35.7 Å². The van der Waals surface area contributed by atoms with Crippen molar-refractivity contribution in [3.63, 3.8) is 0 Å². The average molecular weight is 550 g/mol. The van der Waals surface area contributed by atoms with Crippen LogP contribution in [-0.2, 0) is 22.4 Å². The largest absolute Gasteiger partial charge is 0.487 e. The zero-order valence-electron chi connectivity index (χ0n) is 18.1. The molecule has 186 valence electrons. The number of hydrogen-bond acceptors (Lipinski definition) is 5. The number of pyridine rings is 1. The van der Waals surface area contributed by atoms with Crippen LogP contribution in [0.2, 0.25) is 15.1 Å². The highest BCUT2D eigenvalue weighted by atomic mass is 35.5. The van der Waals surface area contributed by atoms with Gasteiger partial charge in [0.05, 0.1) is 38.6 Å². The minimum absolute atomic E-state index is 0.0195. The summed E-state index contributed by atoms with van der Waals surface area (Å²) in [5.41, 5.74) is 0.529. The molecule has 7 nitrogen and oxygen atoms in total. The third-order valence-electron chi connectivity index (χ3n) is 5.22. The van der Waals surface area contributed by atoms with E-state index in [1.54, 1.807) is 19.1 Å². The van der Waals surface area contributed by atoms with E-state index in [4.69, 9.17) is 44.4 Å². The standard InChI is InChI=1S/C22H18Cl3F3N4O3/c1-11(15-5-17(24)19(6-16(15)23)35-14-2-3-20(33)29-7-14)31-34-10-13-9-32-8-12(22(26,27)28)4-18(25)21(32)30-13/h4-6,8-9,14H,2-3,7,10H2,1H3,(H,29,33)/b31-11+. The van der Waals surface area contributed by atoms with Crippen molar-refractivity contribution in [2.45, 2.75) is 38.7 Å². The Morgan fingerprint density at radius 3 is 2.66 bits per heavy atom. The highest BCUT2D eigenvalue weighted by molar-refractivity contribution is 6.37. The first-order valence-electron chi connectivity index (χ1n) is 10.3. The number of carbonyl (C=O) groups is 1. The number of ether oxygens (including phenoxy) is 1. The molecular formula is C22H18Cl3F3N4O3. The number of halogens is 6. The van der Waals surface area contributed by atoms with Crippen LogP contribution in [0.4, 0.5) is 13.2 Å². The Morgan fingerprint density at radius 2 is 1.97 bits per heavy atom. The predicted molar refractivity (Wildman–Crippen MR) is 125 cm³/mol. The maximum Gasteiger partial charge on any atom is 0.417 e. The number of oxime groups is 1. The quantitative estimate of drug-likeness (QED) is 0.306. The fourth-order valence-electron chi connectivity index (χ4n) is 3.46. The summed E-state index contributed by atoms with van der Waals surface area (Å²) in [5, 5.41) is 7.26. The van der Waals surface area contributed by atoms with Gasteiger partial charge in [-0.1, -0.05) is 40.0 Å². The maximum absolute atomic E-state index is 13.0. The molecule has 1 saturated heterocycles. The minimum atomic E-state index is -4.53. The Bertz CT molecular complexity index is 1300. The van der Waals surface area contributed by atoms with E-state index in [0.717, 1.165) is 12.3 Å². The lowest BCUT2D eigenvalue weighted by atomic mass is 10.1. The Kier molecular flexibility index (Phi) is 7.35. The molecule has 1 amide bonds. The summed E-state index contributed by atoms with van der Waals surface area (Å²) in [5.74, 6) is 0.365. The van der Waals surface area contributed by atoms with Gasteiger partial charge in [-0.2, -0.15) is 13.2 Å².